The van der Waals surface area contributed by atoms with Crippen LogP contribution >= 0.6 is 0 Å². The molecule has 0 saturated carbocycles. The van der Waals surface area contributed by atoms with Gasteiger partial charge < -0.3 is 10.0 Å². The van der Waals surface area contributed by atoms with Gasteiger partial charge in [-0.1, -0.05) is 6.92 Å². The molecule has 0 aromatic rings. The minimum Gasteiger partial charge on any atom is -0.480 e. The molecule has 5 heteroatoms. The lowest BCUT2D eigenvalue weighted by molar-refractivity contribution is -0.140. The number of amides is 1. The van der Waals surface area contributed by atoms with Gasteiger partial charge in [0.2, 0.25) is 5.91 Å². The molecule has 0 aromatic heterocycles. The van der Waals surface area contributed by atoms with Gasteiger partial charge in [-0.3, -0.25) is 14.5 Å². The van der Waals surface area contributed by atoms with Crippen LogP contribution in [0.1, 0.15) is 34.6 Å². The fourth-order valence-corrected chi connectivity index (χ4v) is 1.92. The molecule has 1 N–H and O–H groups in total. The Balaban J connectivity index is 4.52. The van der Waals surface area contributed by atoms with Crippen molar-refractivity contribution in [1.82, 2.24) is 9.80 Å². The number of carboxylic acid groups (broad SMARTS) is 1. The summed E-state index contributed by atoms with van der Waals surface area (Å²) >= 11 is 0. The van der Waals surface area contributed by atoms with Crippen molar-refractivity contribution in [2.24, 2.45) is 0 Å². The zero-order valence-corrected chi connectivity index (χ0v) is 11.4. The molecule has 0 spiro atoms. The molecule has 0 bridgehead atoms. The van der Waals surface area contributed by atoms with E-state index in [1.165, 1.54) is 0 Å². The molecule has 0 atom stereocenters. The summed E-state index contributed by atoms with van der Waals surface area (Å²) in [5.74, 6) is -0.918. The number of rotatable bonds is 7. The Morgan fingerprint density at radius 1 is 1.06 bits per heavy atom. The van der Waals surface area contributed by atoms with Crippen molar-refractivity contribution in [2.75, 3.05) is 19.6 Å². The second-order valence-corrected chi connectivity index (χ2v) is 4.69. The predicted molar refractivity (Wildman–Crippen MR) is 66.9 cm³/mol. The van der Waals surface area contributed by atoms with Crippen molar-refractivity contribution in [1.29, 1.82) is 0 Å². The summed E-state index contributed by atoms with van der Waals surface area (Å²) in [5, 5.41) is 8.72. The lowest BCUT2D eigenvalue weighted by atomic mass is 10.2. The van der Waals surface area contributed by atoms with Gasteiger partial charge in [-0.25, -0.2) is 0 Å². The maximum absolute atomic E-state index is 12.1. The number of aliphatic carboxylic acids is 1. The first-order chi connectivity index (χ1) is 7.79. The standard InChI is InChI=1S/C12H24N2O3/c1-6-13(8-12(16)17)7-11(15)14(9(2)3)10(4)5/h9-10H,6-8H2,1-5H3,(H,16,17). The number of hydrogen-bond donors (Lipinski definition) is 1. The SMILES string of the molecule is CCN(CC(=O)O)CC(=O)N(C(C)C)C(C)C. The molecular formula is C12H24N2O3. The molecule has 0 heterocycles. The molecule has 0 radical (unpaired) electrons. The van der Waals surface area contributed by atoms with Crippen molar-refractivity contribution in [3.63, 3.8) is 0 Å². The number of nitrogens with zero attached hydrogens (tertiary/aromatic N) is 2. The van der Waals surface area contributed by atoms with Crippen LogP contribution in [0, 0.1) is 0 Å². The van der Waals surface area contributed by atoms with Crippen LogP contribution in [0.25, 0.3) is 0 Å². The van der Waals surface area contributed by atoms with Gasteiger partial charge in [0.15, 0.2) is 0 Å². The van der Waals surface area contributed by atoms with E-state index in [2.05, 4.69) is 0 Å². The summed E-state index contributed by atoms with van der Waals surface area (Å²) < 4.78 is 0. The Morgan fingerprint density at radius 2 is 1.53 bits per heavy atom. The summed E-state index contributed by atoms with van der Waals surface area (Å²) in [6, 6.07) is 0.261. The lowest BCUT2D eigenvalue weighted by Crippen LogP contribution is -2.47. The smallest absolute Gasteiger partial charge is 0.317 e. The second-order valence-electron chi connectivity index (χ2n) is 4.69. The fourth-order valence-electron chi connectivity index (χ4n) is 1.92. The van der Waals surface area contributed by atoms with Gasteiger partial charge in [-0.05, 0) is 34.2 Å². The molecule has 0 rings (SSSR count). The molecule has 0 aliphatic carbocycles. The van der Waals surface area contributed by atoms with Gasteiger partial charge in [-0.2, -0.15) is 0 Å². The third kappa shape index (κ3) is 5.68. The number of carboxylic acids is 1. The Labute approximate surface area is 103 Å². The van der Waals surface area contributed by atoms with Crippen molar-refractivity contribution in [2.45, 2.75) is 46.7 Å². The summed E-state index contributed by atoms with van der Waals surface area (Å²) in [6.07, 6.45) is 0. The zero-order chi connectivity index (χ0) is 13.6. The molecule has 17 heavy (non-hydrogen) atoms. The van der Waals surface area contributed by atoms with Crippen LogP contribution in [0.2, 0.25) is 0 Å². The maximum atomic E-state index is 12.1. The number of carbonyl (C=O) groups is 2. The van der Waals surface area contributed by atoms with E-state index < -0.39 is 5.97 Å². The number of hydrogen-bond acceptors (Lipinski definition) is 3. The van der Waals surface area contributed by atoms with Crippen molar-refractivity contribution >= 4 is 11.9 Å². The largest absolute Gasteiger partial charge is 0.480 e. The van der Waals surface area contributed by atoms with Crippen LogP contribution in [-0.4, -0.2) is 58.5 Å². The van der Waals surface area contributed by atoms with Crippen LogP contribution in [-0.2, 0) is 9.59 Å². The highest BCUT2D eigenvalue weighted by molar-refractivity contribution is 5.79. The predicted octanol–water partition coefficient (Wildman–Crippen LogP) is 1.04. The Hall–Kier alpha value is -1.10. The van der Waals surface area contributed by atoms with Crippen molar-refractivity contribution in [3.8, 4) is 0 Å². The molecule has 1 amide bonds. The van der Waals surface area contributed by atoms with E-state index in [0.29, 0.717) is 6.54 Å². The van der Waals surface area contributed by atoms with E-state index in [1.54, 1.807) is 9.80 Å². The normalized spacial score (nSPS) is 11.3. The van der Waals surface area contributed by atoms with Crippen LogP contribution < -0.4 is 0 Å². The molecule has 5 nitrogen and oxygen atoms in total. The first kappa shape index (κ1) is 15.9. The van der Waals surface area contributed by atoms with Crippen molar-refractivity contribution in [3.05, 3.63) is 0 Å². The fraction of sp³-hybridized carbons (Fsp3) is 0.833. The highest BCUT2D eigenvalue weighted by Gasteiger charge is 2.22. The van der Waals surface area contributed by atoms with Gasteiger partial charge in [0.25, 0.3) is 0 Å². The van der Waals surface area contributed by atoms with Gasteiger partial charge in [0, 0.05) is 12.1 Å². The molecular weight excluding hydrogens is 220 g/mol. The quantitative estimate of drug-likeness (QED) is 0.727. The average molecular weight is 244 g/mol. The van der Waals surface area contributed by atoms with E-state index in [-0.39, 0.29) is 31.1 Å². The molecule has 0 aromatic carbocycles. The van der Waals surface area contributed by atoms with Gasteiger partial charge >= 0.3 is 5.97 Å². The Kier molecular flexibility index (Phi) is 6.80. The van der Waals surface area contributed by atoms with E-state index in [4.69, 9.17) is 5.11 Å². The molecule has 0 fully saturated rings. The summed E-state index contributed by atoms with van der Waals surface area (Å²) in [5.41, 5.74) is 0. The first-order valence-electron chi connectivity index (χ1n) is 6.04. The minimum atomic E-state index is -0.903. The Morgan fingerprint density at radius 3 is 1.82 bits per heavy atom. The molecule has 0 saturated heterocycles. The summed E-state index contributed by atoms with van der Waals surface area (Å²) in [7, 11) is 0. The molecule has 0 unspecified atom stereocenters. The van der Waals surface area contributed by atoms with Gasteiger partial charge in [-0.15, -0.1) is 0 Å². The molecule has 0 aliphatic heterocycles. The van der Waals surface area contributed by atoms with Crippen LogP contribution in [0.4, 0.5) is 0 Å². The third-order valence-electron chi connectivity index (χ3n) is 2.57. The number of likely N-dealkylation sites (N-methyl/N-ethyl adjacent to an activating group) is 1. The highest BCUT2D eigenvalue weighted by atomic mass is 16.4. The zero-order valence-electron chi connectivity index (χ0n) is 11.4. The van der Waals surface area contributed by atoms with Crippen LogP contribution in [0.15, 0.2) is 0 Å². The van der Waals surface area contributed by atoms with E-state index in [0.717, 1.165) is 0 Å². The minimum absolute atomic E-state index is 0.0156. The monoisotopic (exact) mass is 244 g/mol. The highest BCUT2D eigenvalue weighted by Crippen LogP contribution is 2.06. The lowest BCUT2D eigenvalue weighted by Gasteiger charge is -2.32. The van der Waals surface area contributed by atoms with E-state index in [9.17, 15) is 9.59 Å². The van der Waals surface area contributed by atoms with Crippen LogP contribution in [0.5, 0.6) is 0 Å². The second kappa shape index (κ2) is 7.27. The summed E-state index contributed by atoms with van der Waals surface area (Å²) in [4.78, 5) is 26.1. The Bertz CT molecular complexity index is 256. The van der Waals surface area contributed by atoms with Gasteiger partial charge in [0.1, 0.15) is 0 Å². The average Bonchev–Trinajstić information content (AvgIpc) is 2.14. The topological polar surface area (TPSA) is 60.9 Å². The molecule has 0 aliphatic rings. The summed E-state index contributed by atoms with van der Waals surface area (Å²) in [6.45, 7) is 10.3. The molecule has 100 valence electrons. The van der Waals surface area contributed by atoms with Crippen molar-refractivity contribution < 1.29 is 14.7 Å². The van der Waals surface area contributed by atoms with E-state index in [1.807, 2.05) is 34.6 Å². The van der Waals surface area contributed by atoms with Gasteiger partial charge in [0.05, 0.1) is 13.1 Å². The first-order valence-corrected chi connectivity index (χ1v) is 6.04. The van der Waals surface area contributed by atoms with Crippen LogP contribution in [0.3, 0.4) is 0 Å². The third-order valence-corrected chi connectivity index (χ3v) is 2.57. The maximum Gasteiger partial charge on any atom is 0.317 e. The number of carbonyl (C=O) groups excluding carboxylic acids is 1. The van der Waals surface area contributed by atoms with E-state index >= 15 is 0 Å².